The number of aryl methyl sites for hydroxylation is 1. The standard InChI is InChI=1S/C24H25F3N4O3/c1-30-21(12-20(29-30)22-6-3-9-33-22)19-13-31-8-7-15(19)10-18(31)14-34-23(32)28-17-5-2-4-16(11-17)24(25,26)27/h2-6,9,11-12,15,18-19H,7-8,10,13-14H2,1H3,(H,28,32)/t15-,18+,19+/m0/s1. The normalized spacial score (nSPS) is 24.2. The molecular weight excluding hydrogens is 449 g/mol. The average molecular weight is 474 g/mol. The van der Waals surface area contributed by atoms with Gasteiger partial charge in [-0.25, -0.2) is 4.79 Å². The van der Waals surface area contributed by atoms with E-state index in [4.69, 9.17) is 9.15 Å². The van der Waals surface area contributed by atoms with Crippen LogP contribution in [0.5, 0.6) is 0 Å². The third-order valence-electron chi connectivity index (χ3n) is 6.79. The Balaban J connectivity index is 1.18. The van der Waals surface area contributed by atoms with E-state index in [1.54, 1.807) is 6.26 Å². The molecule has 3 aromatic rings. The second-order valence-corrected chi connectivity index (χ2v) is 8.90. The number of fused-ring (bicyclic) bond motifs is 3. The zero-order valence-corrected chi connectivity index (χ0v) is 18.6. The molecule has 2 bridgehead atoms. The topological polar surface area (TPSA) is 72.5 Å². The van der Waals surface area contributed by atoms with Crippen LogP contribution in [0.4, 0.5) is 23.7 Å². The molecule has 3 aliphatic rings. The number of anilines is 1. The van der Waals surface area contributed by atoms with E-state index < -0.39 is 17.8 Å². The molecule has 10 heteroatoms. The molecule has 2 aromatic heterocycles. The number of nitrogens with zero attached hydrogens (tertiary/aromatic N) is 3. The fraction of sp³-hybridized carbons (Fsp3) is 0.417. The molecule has 6 rings (SSSR count). The van der Waals surface area contributed by atoms with Gasteiger partial charge in [-0.05, 0) is 61.7 Å². The van der Waals surface area contributed by atoms with Crippen LogP contribution in [0.3, 0.4) is 0 Å². The van der Waals surface area contributed by atoms with Crippen molar-refractivity contribution in [3.63, 3.8) is 0 Å². The van der Waals surface area contributed by atoms with E-state index in [0.717, 1.165) is 55.2 Å². The molecule has 34 heavy (non-hydrogen) atoms. The molecule has 4 atom stereocenters. The lowest BCUT2D eigenvalue weighted by molar-refractivity contribution is -0.137. The summed E-state index contributed by atoms with van der Waals surface area (Å²) >= 11 is 0. The lowest BCUT2D eigenvalue weighted by Gasteiger charge is -2.49. The van der Waals surface area contributed by atoms with Crippen LogP contribution >= 0.6 is 0 Å². The first-order chi connectivity index (χ1) is 16.3. The van der Waals surface area contributed by atoms with Crippen molar-refractivity contribution in [2.24, 2.45) is 13.0 Å². The molecule has 0 aliphatic carbocycles. The lowest BCUT2D eigenvalue weighted by atomic mass is 9.74. The van der Waals surface area contributed by atoms with Gasteiger partial charge in [0, 0.05) is 36.9 Å². The van der Waals surface area contributed by atoms with Crippen LogP contribution in [0.25, 0.3) is 11.5 Å². The van der Waals surface area contributed by atoms with Crippen LogP contribution in [0.2, 0.25) is 0 Å². The summed E-state index contributed by atoms with van der Waals surface area (Å²) in [4.78, 5) is 14.5. The SMILES string of the molecule is Cn1nc(-c2ccco2)cc1[C@@H]1CN2CC[C@H]1C[C@@H]2COC(=O)Nc1cccc(C(F)(F)F)c1. The van der Waals surface area contributed by atoms with Crippen LogP contribution in [-0.4, -0.2) is 46.5 Å². The summed E-state index contributed by atoms with van der Waals surface area (Å²) in [6, 6.07) is 10.4. The zero-order chi connectivity index (χ0) is 23.9. The lowest BCUT2D eigenvalue weighted by Crippen LogP contribution is -2.54. The van der Waals surface area contributed by atoms with Crippen LogP contribution in [0, 0.1) is 5.92 Å². The van der Waals surface area contributed by atoms with Crippen molar-refractivity contribution in [3.05, 3.63) is 60.0 Å². The number of piperidine rings is 3. The summed E-state index contributed by atoms with van der Waals surface area (Å²) in [5, 5.41) is 7.00. The van der Waals surface area contributed by atoms with Gasteiger partial charge in [0.05, 0.1) is 11.8 Å². The van der Waals surface area contributed by atoms with Gasteiger partial charge in [-0.1, -0.05) is 6.07 Å². The van der Waals surface area contributed by atoms with Crippen LogP contribution in [-0.2, 0) is 18.0 Å². The molecule has 1 amide bonds. The molecule has 5 heterocycles. The number of amides is 1. The zero-order valence-electron chi connectivity index (χ0n) is 18.6. The quantitative estimate of drug-likeness (QED) is 0.555. The van der Waals surface area contributed by atoms with E-state index in [9.17, 15) is 18.0 Å². The molecule has 3 aliphatic heterocycles. The highest BCUT2D eigenvalue weighted by Crippen LogP contribution is 2.42. The monoisotopic (exact) mass is 474 g/mol. The number of halogens is 3. The highest BCUT2D eigenvalue weighted by atomic mass is 19.4. The largest absolute Gasteiger partial charge is 0.463 e. The van der Waals surface area contributed by atoms with Crippen molar-refractivity contribution in [1.29, 1.82) is 0 Å². The molecule has 1 N–H and O–H groups in total. The Morgan fingerprint density at radius 1 is 1.26 bits per heavy atom. The molecule has 0 saturated carbocycles. The molecule has 1 aromatic carbocycles. The number of hydrogen-bond donors (Lipinski definition) is 1. The van der Waals surface area contributed by atoms with Gasteiger partial charge in [0.1, 0.15) is 12.3 Å². The molecule has 0 radical (unpaired) electrons. The second-order valence-electron chi connectivity index (χ2n) is 8.90. The van der Waals surface area contributed by atoms with Crippen molar-refractivity contribution < 1.29 is 27.1 Å². The molecule has 3 fully saturated rings. The summed E-state index contributed by atoms with van der Waals surface area (Å²) in [5.74, 6) is 1.50. The number of ether oxygens (including phenoxy) is 1. The number of benzene rings is 1. The Hall–Kier alpha value is -3.27. The van der Waals surface area contributed by atoms with Crippen LogP contribution in [0.1, 0.15) is 30.0 Å². The van der Waals surface area contributed by atoms with Gasteiger partial charge in [-0.2, -0.15) is 18.3 Å². The minimum atomic E-state index is -4.47. The third kappa shape index (κ3) is 4.54. The second kappa shape index (κ2) is 8.83. The molecule has 0 spiro atoms. The average Bonchev–Trinajstić information content (AvgIpc) is 3.47. The molecule has 7 nitrogen and oxygen atoms in total. The summed E-state index contributed by atoms with van der Waals surface area (Å²) < 4.78 is 51.4. The summed E-state index contributed by atoms with van der Waals surface area (Å²) in [6.07, 6.45) is -1.67. The van der Waals surface area contributed by atoms with Gasteiger partial charge >= 0.3 is 12.3 Å². The smallest absolute Gasteiger partial charge is 0.416 e. The van der Waals surface area contributed by atoms with Gasteiger partial charge in [-0.15, -0.1) is 0 Å². The number of rotatable bonds is 5. The van der Waals surface area contributed by atoms with Gasteiger partial charge in [-0.3, -0.25) is 14.9 Å². The first-order valence-corrected chi connectivity index (χ1v) is 11.2. The van der Waals surface area contributed by atoms with E-state index in [1.165, 1.54) is 12.1 Å². The van der Waals surface area contributed by atoms with E-state index in [0.29, 0.717) is 11.8 Å². The Morgan fingerprint density at radius 2 is 2.12 bits per heavy atom. The van der Waals surface area contributed by atoms with Crippen LogP contribution in [0.15, 0.2) is 53.1 Å². The molecular formula is C24H25F3N4O3. The first-order valence-electron chi connectivity index (χ1n) is 11.2. The summed E-state index contributed by atoms with van der Waals surface area (Å²) in [7, 11) is 1.94. The number of nitrogens with one attached hydrogen (secondary N) is 1. The van der Waals surface area contributed by atoms with Crippen molar-refractivity contribution in [2.45, 2.75) is 31.0 Å². The minimum absolute atomic E-state index is 0.0499. The fourth-order valence-electron chi connectivity index (χ4n) is 5.12. The number of alkyl halides is 3. The fourth-order valence-corrected chi connectivity index (χ4v) is 5.12. The van der Waals surface area contributed by atoms with Gasteiger partial charge < -0.3 is 9.15 Å². The third-order valence-corrected chi connectivity index (χ3v) is 6.79. The molecule has 180 valence electrons. The van der Waals surface area contributed by atoms with E-state index >= 15 is 0 Å². The Bertz CT molecular complexity index is 1160. The number of hydrogen-bond acceptors (Lipinski definition) is 5. The minimum Gasteiger partial charge on any atom is -0.463 e. The number of furan rings is 1. The van der Waals surface area contributed by atoms with E-state index in [1.807, 2.05) is 23.9 Å². The summed E-state index contributed by atoms with van der Waals surface area (Å²) in [6.45, 7) is 1.95. The maximum atomic E-state index is 12.9. The van der Waals surface area contributed by atoms with E-state index in [2.05, 4.69) is 21.4 Å². The Kier molecular flexibility index (Phi) is 5.85. The first kappa shape index (κ1) is 22.5. The Labute approximate surface area is 194 Å². The van der Waals surface area contributed by atoms with Crippen molar-refractivity contribution in [2.75, 3.05) is 25.0 Å². The molecule has 1 unspecified atom stereocenters. The maximum absolute atomic E-state index is 12.9. The number of carbonyl (C=O) groups excluding carboxylic acids is 1. The summed E-state index contributed by atoms with van der Waals surface area (Å²) in [5.41, 5.74) is 1.19. The van der Waals surface area contributed by atoms with Gasteiger partial charge in [0.25, 0.3) is 0 Å². The van der Waals surface area contributed by atoms with Crippen LogP contribution < -0.4 is 5.32 Å². The predicted octanol–water partition coefficient (Wildman–Crippen LogP) is 5.13. The van der Waals surface area contributed by atoms with Crippen molar-refractivity contribution in [1.82, 2.24) is 14.7 Å². The Morgan fingerprint density at radius 3 is 2.82 bits per heavy atom. The highest BCUT2D eigenvalue weighted by Gasteiger charge is 2.42. The molecule has 3 saturated heterocycles. The number of aromatic nitrogens is 2. The maximum Gasteiger partial charge on any atom is 0.416 e. The van der Waals surface area contributed by atoms with Gasteiger partial charge in [0.2, 0.25) is 0 Å². The van der Waals surface area contributed by atoms with Crippen molar-refractivity contribution in [3.8, 4) is 11.5 Å². The van der Waals surface area contributed by atoms with Crippen molar-refractivity contribution >= 4 is 11.8 Å². The van der Waals surface area contributed by atoms with Gasteiger partial charge in [0.15, 0.2) is 5.76 Å². The number of carbonyl (C=O) groups is 1. The highest BCUT2D eigenvalue weighted by molar-refractivity contribution is 5.84. The van der Waals surface area contributed by atoms with E-state index in [-0.39, 0.29) is 18.3 Å². The predicted molar refractivity (Wildman–Crippen MR) is 118 cm³/mol.